The first-order valence-electron chi connectivity index (χ1n) is 10.8. The summed E-state index contributed by atoms with van der Waals surface area (Å²) >= 11 is 0. The van der Waals surface area contributed by atoms with Gasteiger partial charge in [-0.15, -0.1) is 0 Å². The minimum atomic E-state index is -3.93. The van der Waals surface area contributed by atoms with Gasteiger partial charge in [0, 0.05) is 25.2 Å². The summed E-state index contributed by atoms with van der Waals surface area (Å²) < 4.78 is 28.7. The van der Waals surface area contributed by atoms with Crippen molar-refractivity contribution in [1.29, 1.82) is 0 Å². The summed E-state index contributed by atoms with van der Waals surface area (Å²) in [4.78, 5) is 26.5. The molecule has 0 fully saturated rings. The number of anilines is 1. The van der Waals surface area contributed by atoms with Gasteiger partial charge in [0.15, 0.2) is 0 Å². The molecule has 172 valence electrons. The van der Waals surface area contributed by atoms with Gasteiger partial charge in [0.2, 0.25) is 21.8 Å². The Balaban J connectivity index is 1.75. The van der Waals surface area contributed by atoms with Gasteiger partial charge in [-0.05, 0) is 55.5 Å². The molecule has 0 aliphatic carbocycles. The second-order valence-corrected chi connectivity index (χ2v) is 10.5. The van der Waals surface area contributed by atoms with Crippen LogP contribution in [0.5, 0.6) is 0 Å². The fourth-order valence-electron chi connectivity index (χ4n) is 3.99. The molecule has 1 heterocycles. The third kappa shape index (κ3) is 5.19. The molecule has 3 rings (SSSR count). The van der Waals surface area contributed by atoms with Crippen LogP contribution in [0.25, 0.3) is 0 Å². The van der Waals surface area contributed by atoms with Crippen LogP contribution >= 0.6 is 0 Å². The average molecular weight is 458 g/mol. The molecule has 7 nitrogen and oxygen atoms in total. The number of hydrogen-bond acceptors (Lipinski definition) is 4. The highest BCUT2D eigenvalue weighted by molar-refractivity contribution is 7.89. The van der Waals surface area contributed by atoms with Crippen LogP contribution in [0, 0.1) is 12.8 Å². The zero-order valence-corrected chi connectivity index (χ0v) is 20.0. The summed E-state index contributed by atoms with van der Waals surface area (Å²) in [5.74, 6) is -0.692. The highest BCUT2D eigenvalue weighted by Crippen LogP contribution is 2.34. The minimum Gasteiger partial charge on any atom is -0.351 e. The van der Waals surface area contributed by atoms with Gasteiger partial charge in [0.1, 0.15) is 6.04 Å². The summed E-state index contributed by atoms with van der Waals surface area (Å²) in [6.07, 6.45) is 0.586. The van der Waals surface area contributed by atoms with Crippen LogP contribution < -0.4 is 14.9 Å². The Hall–Kier alpha value is -2.71. The first-order chi connectivity index (χ1) is 15.0. The van der Waals surface area contributed by atoms with E-state index in [9.17, 15) is 18.0 Å². The zero-order chi connectivity index (χ0) is 23.6. The molecule has 32 heavy (non-hydrogen) atoms. The first kappa shape index (κ1) is 23.9. The molecule has 2 aromatic carbocycles. The topological polar surface area (TPSA) is 95.6 Å². The highest BCUT2D eigenvalue weighted by atomic mass is 32.2. The summed E-state index contributed by atoms with van der Waals surface area (Å²) in [5.41, 5.74) is 3.61. The maximum atomic E-state index is 13.1. The fraction of sp³-hybridized carbons (Fsp3) is 0.417. The van der Waals surface area contributed by atoms with E-state index in [2.05, 4.69) is 10.0 Å². The first-order valence-corrected chi connectivity index (χ1v) is 12.3. The van der Waals surface area contributed by atoms with Crippen molar-refractivity contribution in [3.8, 4) is 0 Å². The predicted octanol–water partition coefficient (Wildman–Crippen LogP) is 2.91. The Morgan fingerprint density at radius 2 is 1.78 bits per heavy atom. The van der Waals surface area contributed by atoms with Gasteiger partial charge in [-0.1, -0.05) is 43.7 Å². The minimum absolute atomic E-state index is 0.0237. The van der Waals surface area contributed by atoms with Crippen molar-refractivity contribution in [2.45, 2.75) is 64.6 Å². The second kappa shape index (κ2) is 9.42. The van der Waals surface area contributed by atoms with Crippen LogP contribution in [0.2, 0.25) is 0 Å². The van der Waals surface area contributed by atoms with Gasteiger partial charge in [0.05, 0.1) is 4.90 Å². The molecule has 2 amide bonds. The van der Waals surface area contributed by atoms with E-state index in [4.69, 9.17) is 0 Å². The van der Waals surface area contributed by atoms with Gasteiger partial charge in [0.25, 0.3) is 0 Å². The Morgan fingerprint density at radius 3 is 2.38 bits per heavy atom. The lowest BCUT2D eigenvalue weighted by Crippen LogP contribution is -2.49. The molecule has 8 heteroatoms. The van der Waals surface area contributed by atoms with Crippen LogP contribution in [0.1, 0.15) is 44.4 Å². The van der Waals surface area contributed by atoms with Crippen molar-refractivity contribution in [3.05, 3.63) is 59.2 Å². The molecule has 0 saturated carbocycles. The molecule has 2 aromatic rings. The molecule has 2 N–H and O–H groups in total. The van der Waals surface area contributed by atoms with Crippen LogP contribution in [0.4, 0.5) is 5.69 Å². The van der Waals surface area contributed by atoms with E-state index < -0.39 is 16.1 Å². The van der Waals surface area contributed by atoms with Crippen molar-refractivity contribution in [2.24, 2.45) is 5.92 Å². The quantitative estimate of drug-likeness (QED) is 0.668. The van der Waals surface area contributed by atoms with Gasteiger partial charge in [-0.3, -0.25) is 9.59 Å². The van der Waals surface area contributed by atoms with Crippen LogP contribution in [0.15, 0.2) is 47.4 Å². The molecular formula is C24H31N3O4S. The van der Waals surface area contributed by atoms with E-state index in [0.717, 1.165) is 22.4 Å². The molecule has 1 aliphatic rings. The van der Waals surface area contributed by atoms with E-state index in [1.54, 1.807) is 30.9 Å². The molecular weight excluding hydrogens is 426 g/mol. The molecule has 0 saturated heterocycles. The highest BCUT2D eigenvalue weighted by Gasteiger charge is 2.32. The Bertz CT molecular complexity index is 1110. The van der Waals surface area contributed by atoms with E-state index in [0.29, 0.717) is 13.0 Å². The standard InChI is InChI=1S/C24H31N3O4S/c1-15(2)23(24(29)25-14-19-8-6-16(3)7-9-19)26-32(30,31)21-10-11-22-20(13-21)12-17(4)27(22)18(5)28/h6-11,13,15,17,23,26H,12,14H2,1-5H3,(H,25,29)/t17-,23+/m1/s1. The predicted molar refractivity (Wildman–Crippen MR) is 125 cm³/mol. The normalized spacial score (nSPS) is 16.7. The van der Waals surface area contributed by atoms with Gasteiger partial charge >= 0.3 is 0 Å². The maximum Gasteiger partial charge on any atom is 0.241 e. The molecule has 2 atom stereocenters. The number of hydrogen-bond donors (Lipinski definition) is 2. The number of nitrogens with zero attached hydrogens (tertiary/aromatic N) is 1. The smallest absolute Gasteiger partial charge is 0.241 e. The Morgan fingerprint density at radius 1 is 1.12 bits per heavy atom. The zero-order valence-electron chi connectivity index (χ0n) is 19.2. The lowest BCUT2D eigenvalue weighted by atomic mass is 10.0. The number of aryl methyl sites for hydroxylation is 1. The number of nitrogens with one attached hydrogen (secondary N) is 2. The summed E-state index contributed by atoms with van der Waals surface area (Å²) in [5, 5.41) is 2.83. The number of amides is 2. The monoisotopic (exact) mass is 457 g/mol. The average Bonchev–Trinajstić information content (AvgIpc) is 3.06. The third-order valence-corrected chi connectivity index (χ3v) is 7.17. The van der Waals surface area contributed by atoms with E-state index in [1.807, 2.05) is 38.1 Å². The van der Waals surface area contributed by atoms with Crippen molar-refractivity contribution in [3.63, 3.8) is 0 Å². The molecule has 1 aliphatic heterocycles. The molecule has 0 bridgehead atoms. The summed E-state index contributed by atoms with van der Waals surface area (Å²) in [6, 6.07) is 11.6. The molecule has 0 aromatic heterocycles. The van der Waals surface area contributed by atoms with Gasteiger partial charge in [-0.2, -0.15) is 4.72 Å². The van der Waals surface area contributed by atoms with Crippen LogP contribution in [-0.2, 0) is 32.6 Å². The van der Waals surface area contributed by atoms with E-state index >= 15 is 0 Å². The lowest BCUT2D eigenvalue weighted by Gasteiger charge is -2.22. The van der Waals surface area contributed by atoms with Crippen molar-refractivity contribution >= 4 is 27.5 Å². The largest absolute Gasteiger partial charge is 0.351 e. The molecule has 0 spiro atoms. The van der Waals surface area contributed by atoms with Crippen molar-refractivity contribution in [1.82, 2.24) is 10.0 Å². The fourth-order valence-corrected chi connectivity index (χ4v) is 5.38. The SMILES string of the molecule is CC(=O)N1c2ccc(S(=O)(=O)N[C@H](C(=O)NCc3ccc(C)cc3)C(C)C)cc2C[C@H]1C. The second-order valence-electron chi connectivity index (χ2n) is 8.78. The van der Waals surface area contributed by atoms with E-state index in [-0.39, 0.29) is 28.7 Å². The maximum absolute atomic E-state index is 13.1. The lowest BCUT2D eigenvalue weighted by molar-refractivity contribution is -0.123. The summed E-state index contributed by atoms with van der Waals surface area (Å²) in [7, 11) is -3.93. The number of carbonyl (C=O) groups is 2. The van der Waals surface area contributed by atoms with Crippen LogP contribution in [-0.4, -0.2) is 32.3 Å². The Kier molecular flexibility index (Phi) is 7.05. The van der Waals surface area contributed by atoms with Gasteiger partial charge in [-0.25, -0.2) is 8.42 Å². The number of benzene rings is 2. The number of fused-ring (bicyclic) bond motifs is 1. The number of rotatable bonds is 7. The number of carbonyl (C=O) groups excluding carboxylic acids is 2. The molecule has 0 unspecified atom stereocenters. The number of sulfonamides is 1. The van der Waals surface area contributed by atoms with Crippen molar-refractivity contribution in [2.75, 3.05) is 4.90 Å². The Labute approximate surface area is 190 Å². The van der Waals surface area contributed by atoms with Crippen LogP contribution in [0.3, 0.4) is 0 Å². The van der Waals surface area contributed by atoms with Crippen molar-refractivity contribution < 1.29 is 18.0 Å². The molecule has 0 radical (unpaired) electrons. The summed E-state index contributed by atoms with van der Waals surface area (Å²) in [6.45, 7) is 9.34. The third-order valence-electron chi connectivity index (χ3n) is 5.73. The van der Waals surface area contributed by atoms with Gasteiger partial charge < -0.3 is 10.2 Å². The van der Waals surface area contributed by atoms with E-state index in [1.165, 1.54) is 13.0 Å².